The SMILES string of the molecule is Cc1ncsc1CCn1ccc(C(=O)C(F)(F)F)c1. The summed E-state index contributed by atoms with van der Waals surface area (Å²) >= 11 is 1.51. The van der Waals surface area contributed by atoms with Gasteiger partial charge < -0.3 is 4.57 Å². The van der Waals surface area contributed by atoms with Gasteiger partial charge in [0.2, 0.25) is 0 Å². The maximum absolute atomic E-state index is 12.2. The average molecular weight is 288 g/mol. The molecule has 0 aliphatic heterocycles. The van der Waals surface area contributed by atoms with Crippen LogP contribution in [0.2, 0.25) is 0 Å². The molecule has 0 aliphatic carbocycles. The normalized spacial score (nSPS) is 11.8. The second-order valence-corrected chi connectivity index (χ2v) is 5.02. The molecule has 0 N–H and O–H groups in total. The monoisotopic (exact) mass is 288 g/mol. The Morgan fingerprint density at radius 3 is 2.79 bits per heavy atom. The first-order valence-corrected chi connectivity index (χ1v) is 6.42. The Labute approximate surface area is 111 Å². The molecule has 19 heavy (non-hydrogen) atoms. The Balaban J connectivity index is 2.02. The van der Waals surface area contributed by atoms with E-state index >= 15 is 0 Å². The first-order valence-electron chi connectivity index (χ1n) is 5.54. The van der Waals surface area contributed by atoms with Crippen LogP contribution in [-0.2, 0) is 13.0 Å². The highest BCUT2D eigenvalue weighted by molar-refractivity contribution is 7.09. The molecule has 3 nitrogen and oxygen atoms in total. The van der Waals surface area contributed by atoms with Crippen molar-refractivity contribution in [3.8, 4) is 0 Å². The number of halogens is 3. The molecule has 0 aliphatic rings. The first-order chi connectivity index (χ1) is 8.88. The van der Waals surface area contributed by atoms with E-state index in [0.717, 1.165) is 10.6 Å². The lowest BCUT2D eigenvalue weighted by molar-refractivity contribution is -0.0885. The summed E-state index contributed by atoms with van der Waals surface area (Å²) in [6.45, 7) is 2.41. The van der Waals surface area contributed by atoms with Crippen LogP contribution < -0.4 is 0 Å². The fourth-order valence-electron chi connectivity index (χ4n) is 1.67. The zero-order chi connectivity index (χ0) is 14.0. The van der Waals surface area contributed by atoms with Crippen molar-refractivity contribution >= 4 is 17.1 Å². The van der Waals surface area contributed by atoms with Crippen molar-refractivity contribution in [3.05, 3.63) is 40.1 Å². The van der Waals surface area contributed by atoms with Crippen LogP contribution in [0.25, 0.3) is 0 Å². The summed E-state index contributed by atoms with van der Waals surface area (Å²) in [5.41, 5.74) is 2.34. The maximum Gasteiger partial charge on any atom is 0.454 e. The Hall–Kier alpha value is -1.63. The highest BCUT2D eigenvalue weighted by atomic mass is 32.1. The lowest BCUT2D eigenvalue weighted by Gasteiger charge is -2.03. The molecule has 0 aromatic carbocycles. The van der Waals surface area contributed by atoms with E-state index in [4.69, 9.17) is 0 Å². The number of nitrogens with zero attached hydrogens (tertiary/aromatic N) is 2. The van der Waals surface area contributed by atoms with E-state index in [1.54, 1.807) is 10.1 Å². The van der Waals surface area contributed by atoms with Gasteiger partial charge >= 0.3 is 6.18 Å². The van der Waals surface area contributed by atoms with Crippen molar-refractivity contribution in [3.63, 3.8) is 0 Å². The molecule has 0 saturated heterocycles. The van der Waals surface area contributed by atoms with Gasteiger partial charge in [0.15, 0.2) is 0 Å². The van der Waals surface area contributed by atoms with Gasteiger partial charge in [-0.2, -0.15) is 13.2 Å². The Kier molecular flexibility index (Phi) is 3.75. The Morgan fingerprint density at radius 2 is 2.21 bits per heavy atom. The van der Waals surface area contributed by atoms with Crippen LogP contribution >= 0.6 is 11.3 Å². The second-order valence-electron chi connectivity index (χ2n) is 4.08. The topological polar surface area (TPSA) is 34.9 Å². The quantitative estimate of drug-likeness (QED) is 0.810. The number of aryl methyl sites for hydroxylation is 3. The molecule has 0 bridgehead atoms. The molecule has 2 aromatic rings. The number of hydrogen-bond acceptors (Lipinski definition) is 3. The van der Waals surface area contributed by atoms with E-state index in [2.05, 4.69) is 4.98 Å². The van der Waals surface area contributed by atoms with Gasteiger partial charge in [-0.05, 0) is 13.0 Å². The van der Waals surface area contributed by atoms with Crippen LogP contribution in [0.1, 0.15) is 20.9 Å². The molecule has 0 radical (unpaired) electrons. The maximum atomic E-state index is 12.2. The van der Waals surface area contributed by atoms with E-state index in [0.29, 0.717) is 13.0 Å². The molecule has 0 unspecified atom stereocenters. The molecule has 102 valence electrons. The molecular weight excluding hydrogens is 277 g/mol. The third-order valence-electron chi connectivity index (χ3n) is 2.71. The van der Waals surface area contributed by atoms with Crippen molar-refractivity contribution in [1.82, 2.24) is 9.55 Å². The predicted molar refractivity (Wildman–Crippen MR) is 65.4 cm³/mol. The van der Waals surface area contributed by atoms with Crippen molar-refractivity contribution in [2.45, 2.75) is 26.1 Å². The summed E-state index contributed by atoms with van der Waals surface area (Å²) in [5.74, 6) is -1.81. The van der Waals surface area contributed by atoms with Crippen LogP contribution in [-0.4, -0.2) is 21.5 Å². The molecule has 2 rings (SSSR count). The average Bonchev–Trinajstić information content (AvgIpc) is 2.93. The van der Waals surface area contributed by atoms with Gasteiger partial charge in [-0.1, -0.05) is 0 Å². The van der Waals surface area contributed by atoms with Crippen molar-refractivity contribution in [2.75, 3.05) is 0 Å². The molecule has 0 amide bonds. The zero-order valence-corrected chi connectivity index (χ0v) is 10.9. The van der Waals surface area contributed by atoms with E-state index < -0.39 is 12.0 Å². The van der Waals surface area contributed by atoms with E-state index in [1.165, 1.54) is 29.8 Å². The lowest BCUT2D eigenvalue weighted by atomic mass is 10.2. The molecule has 0 spiro atoms. The molecule has 0 fully saturated rings. The number of aromatic nitrogens is 2. The number of carbonyl (C=O) groups is 1. The van der Waals surface area contributed by atoms with Gasteiger partial charge in [-0.25, -0.2) is 4.98 Å². The van der Waals surface area contributed by atoms with Gasteiger partial charge in [0.1, 0.15) is 0 Å². The fourth-order valence-corrected chi connectivity index (χ4v) is 2.45. The minimum atomic E-state index is -4.82. The first kappa shape index (κ1) is 13.8. The number of carbonyl (C=O) groups excluding carboxylic acids is 1. The number of Topliss-reactive ketones (excluding diaryl/α,β-unsaturated/α-hetero) is 1. The molecule has 2 aromatic heterocycles. The van der Waals surface area contributed by atoms with Gasteiger partial charge in [0, 0.05) is 35.8 Å². The minimum absolute atomic E-state index is 0.325. The number of thiazole rings is 1. The standard InChI is InChI=1S/C12H11F3N2OS/c1-8-10(19-7-16-8)3-5-17-4-2-9(6-17)11(18)12(13,14)15/h2,4,6-7H,3,5H2,1H3. The van der Waals surface area contributed by atoms with Crippen molar-refractivity contribution in [2.24, 2.45) is 0 Å². The third-order valence-corrected chi connectivity index (χ3v) is 3.71. The summed E-state index contributed by atoms with van der Waals surface area (Å²) in [5, 5.41) is 0. The summed E-state index contributed by atoms with van der Waals surface area (Å²) in [4.78, 5) is 16.2. The highest BCUT2D eigenvalue weighted by Gasteiger charge is 2.39. The largest absolute Gasteiger partial charge is 0.454 e. The Bertz CT molecular complexity index is 586. The molecule has 0 saturated carbocycles. The van der Waals surface area contributed by atoms with E-state index in [9.17, 15) is 18.0 Å². The minimum Gasteiger partial charge on any atom is -0.353 e. The molecular formula is C12H11F3N2OS. The van der Waals surface area contributed by atoms with Crippen LogP contribution in [0, 0.1) is 6.92 Å². The van der Waals surface area contributed by atoms with Gasteiger partial charge in [0.25, 0.3) is 5.78 Å². The smallest absolute Gasteiger partial charge is 0.353 e. The van der Waals surface area contributed by atoms with Crippen LogP contribution in [0.4, 0.5) is 13.2 Å². The lowest BCUT2D eigenvalue weighted by Crippen LogP contribution is -2.22. The number of ketones is 1. The summed E-state index contributed by atoms with van der Waals surface area (Å²) in [6.07, 6.45) is -1.42. The summed E-state index contributed by atoms with van der Waals surface area (Å²) in [7, 11) is 0. The molecule has 7 heteroatoms. The predicted octanol–water partition coefficient (Wildman–Crippen LogP) is 3.24. The van der Waals surface area contributed by atoms with E-state index in [1.807, 2.05) is 6.92 Å². The van der Waals surface area contributed by atoms with Crippen molar-refractivity contribution in [1.29, 1.82) is 0 Å². The van der Waals surface area contributed by atoms with E-state index in [-0.39, 0.29) is 5.56 Å². The molecule has 0 atom stereocenters. The van der Waals surface area contributed by atoms with Crippen LogP contribution in [0.5, 0.6) is 0 Å². The third kappa shape index (κ3) is 3.23. The zero-order valence-electron chi connectivity index (χ0n) is 10.1. The number of hydrogen-bond donors (Lipinski definition) is 0. The van der Waals surface area contributed by atoms with Gasteiger partial charge in [0.05, 0.1) is 11.2 Å². The number of rotatable bonds is 4. The van der Waals surface area contributed by atoms with Crippen LogP contribution in [0.3, 0.4) is 0 Å². The Morgan fingerprint density at radius 1 is 1.47 bits per heavy atom. The van der Waals surface area contributed by atoms with Gasteiger partial charge in [-0.3, -0.25) is 4.79 Å². The van der Waals surface area contributed by atoms with Crippen LogP contribution in [0.15, 0.2) is 24.0 Å². The van der Waals surface area contributed by atoms with Crippen molar-refractivity contribution < 1.29 is 18.0 Å². The summed E-state index contributed by atoms with van der Waals surface area (Å²) in [6, 6.07) is 1.19. The molecule has 2 heterocycles. The fraction of sp³-hybridized carbons (Fsp3) is 0.333. The second kappa shape index (κ2) is 5.16. The van der Waals surface area contributed by atoms with Gasteiger partial charge in [-0.15, -0.1) is 11.3 Å². The number of alkyl halides is 3. The summed E-state index contributed by atoms with van der Waals surface area (Å²) < 4.78 is 38.3. The highest BCUT2D eigenvalue weighted by Crippen LogP contribution is 2.22.